The van der Waals surface area contributed by atoms with Gasteiger partial charge in [0.15, 0.2) is 0 Å². The minimum Gasteiger partial charge on any atom is -0.478 e. The van der Waals surface area contributed by atoms with Gasteiger partial charge < -0.3 is 24.5 Å². The summed E-state index contributed by atoms with van der Waals surface area (Å²) < 4.78 is 5.47. The van der Waals surface area contributed by atoms with E-state index in [1.165, 1.54) is 0 Å². The molecule has 1 unspecified atom stereocenters. The molecule has 2 heterocycles. The third kappa shape index (κ3) is 3.75. The molecule has 8 heteroatoms. The third-order valence-corrected chi connectivity index (χ3v) is 5.75. The monoisotopic (exact) mass is 403 g/mol. The van der Waals surface area contributed by atoms with Gasteiger partial charge in [-0.25, -0.2) is 9.59 Å². The van der Waals surface area contributed by atoms with Crippen LogP contribution in [0.3, 0.4) is 0 Å². The number of ether oxygens (including phenoxy) is 1. The lowest BCUT2D eigenvalue weighted by Gasteiger charge is -2.44. The first-order valence-electron chi connectivity index (χ1n) is 9.84. The number of carbonyl (C=O) groups is 3. The van der Waals surface area contributed by atoms with Crippen LogP contribution in [0.15, 0.2) is 24.3 Å². The lowest BCUT2D eigenvalue weighted by Crippen LogP contribution is -2.58. The van der Waals surface area contributed by atoms with Crippen molar-refractivity contribution < 1.29 is 24.2 Å². The maximum Gasteiger partial charge on any atom is 0.410 e. The number of piperidine rings is 1. The molecule has 1 spiro atoms. The van der Waals surface area contributed by atoms with Crippen molar-refractivity contribution in [3.05, 3.63) is 29.8 Å². The Kier molecular flexibility index (Phi) is 5.23. The van der Waals surface area contributed by atoms with Crippen LogP contribution in [0.1, 0.15) is 50.9 Å². The van der Waals surface area contributed by atoms with E-state index in [1.54, 1.807) is 41.1 Å². The minimum atomic E-state index is -0.986. The molecule has 0 aliphatic carbocycles. The predicted molar refractivity (Wildman–Crippen MR) is 108 cm³/mol. The maximum absolute atomic E-state index is 13.2. The summed E-state index contributed by atoms with van der Waals surface area (Å²) in [6.45, 7) is 8.29. The standard InChI is InChI=1S/C21H29N3O5/c1-14-22(5)18(27)21(24(14)16-8-6-15(7-9-16)17(25)26)10-12-23(13-11-21)19(28)29-20(2,3)4/h6-9,14H,10-13H2,1-5H3,(H,25,26). The van der Waals surface area contributed by atoms with Crippen molar-refractivity contribution in [3.8, 4) is 0 Å². The fourth-order valence-electron chi connectivity index (χ4n) is 4.20. The number of rotatable bonds is 2. The molecule has 2 amide bonds. The number of carboxylic acids is 1. The first-order valence-corrected chi connectivity index (χ1v) is 9.84. The number of benzene rings is 1. The Labute approximate surface area is 171 Å². The highest BCUT2D eigenvalue weighted by Crippen LogP contribution is 2.42. The third-order valence-electron chi connectivity index (χ3n) is 5.75. The van der Waals surface area contributed by atoms with Crippen LogP contribution in [0.4, 0.5) is 10.5 Å². The van der Waals surface area contributed by atoms with E-state index >= 15 is 0 Å². The highest BCUT2D eigenvalue weighted by molar-refractivity contribution is 5.95. The minimum absolute atomic E-state index is 0.0242. The summed E-state index contributed by atoms with van der Waals surface area (Å²) in [5.41, 5.74) is -0.320. The van der Waals surface area contributed by atoms with E-state index in [2.05, 4.69) is 4.90 Å². The molecule has 2 fully saturated rings. The molecule has 29 heavy (non-hydrogen) atoms. The molecule has 158 valence electrons. The number of hydrogen-bond acceptors (Lipinski definition) is 5. The number of amides is 2. The van der Waals surface area contributed by atoms with Crippen LogP contribution in [0, 0.1) is 0 Å². The van der Waals surface area contributed by atoms with Crippen LogP contribution in [0.2, 0.25) is 0 Å². The molecule has 2 aliphatic rings. The summed E-state index contributed by atoms with van der Waals surface area (Å²) in [5, 5.41) is 9.16. The van der Waals surface area contributed by atoms with E-state index < -0.39 is 17.1 Å². The number of carbonyl (C=O) groups excluding carboxylic acids is 2. The second kappa shape index (κ2) is 7.24. The first kappa shape index (κ1) is 21.0. The van der Waals surface area contributed by atoms with Gasteiger partial charge in [0, 0.05) is 25.8 Å². The van der Waals surface area contributed by atoms with Crippen molar-refractivity contribution in [3.63, 3.8) is 0 Å². The van der Waals surface area contributed by atoms with E-state index in [9.17, 15) is 14.4 Å². The van der Waals surface area contributed by atoms with Gasteiger partial charge in [-0.05, 0) is 64.8 Å². The number of aromatic carboxylic acids is 1. The Morgan fingerprint density at radius 2 is 1.69 bits per heavy atom. The van der Waals surface area contributed by atoms with Gasteiger partial charge in [0.25, 0.3) is 0 Å². The number of nitrogens with zero attached hydrogens (tertiary/aromatic N) is 3. The highest BCUT2D eigenvalue weighted by Gasteiger charge is 2.56. The van der Waals surface area contributed by atoms with Crippen LogP contribution in [0.25, 0.3) is 0 Å². The van der Waals surface area contributed by atoms with Crippen LogP contribution >= 0.6 is 0 Å². The quantitative estimate of drug-likeness (QED) is 0.817. The summed E-state index contributed by atoms with van der Waals surface area (Å²) >= 11 is 0. The van der Waals surface area contributed by atoms with Crippen LogP contribution in [-0.2, 0) is 9.53 Å². The van der Waals surface area contributed by atoms with Gasteiger partial charge in [0.05, 0.1) is 5.56 Å². The van der Waals surface area contributed by atoms with Gasteiger partial charge in [-0.2, -0.15) is 0 Å². The predicted octanol–water partition coefficient (Wildman–Crippen LogP) is 2.78. The molecule has 2 aliphatic heterocycles. The molecule has 1 N–H and O–H groups in total. The molecule has 0 bridgehead atoms. The normalized spacial score (nSPS) is 21.6. The number of likely N-dealkylation sites (N-methyl/N-ethyl adjacent to an activating group) is 1. The summed E-state index contributed by atoms with van der Waals surface area (Å²) in [5.74, 6) is -0.962. The summed E-state index contributed by atoms with van der Waals surface area (Å²) in [4.78, 5) is 42.2. The van der Waals surface area contributed by atoms with Crippen molar-refractivity contribution in [2.75, 3.05) is 25.0 Å². The van der Waals surface area contributed by atoms with Crippen molar-refractivity contribution in [2.24, 2.45) is 0 Å². The molecule has 0 saturated carbocycles. The lowest BCUT2D eigenvalue weighted by atomic mass is 9.85. The fourth-order valence-corrected chi connectivity index (χ4v) is 4.20. The lowest BCUT2D eigenvalue weighted by molar-refractivity contribution is -0.133. The van der Waals surface area contributed by atoms with Crippen molar-refractivity contribution in [2.45, 2.75) is 57.8 Å². The van der Waals surface area contributed by atoms with E-state index in [0.717, 1.165) is 5.69 Å². The van der Waals surface area contributed by atoms with Gasteiger partial charge in [-0.15, -0.1) is 0 Å². The zero-order chi connectivity index (χ0) is 21.6. The van der Waals surface area contributed by atoms with Crippen molar-refractivity contribution in [1.29, 1.82) is 0 Å². The topological polar surface area (TPSA) is 90.4 Å². The number of carboxylic acid groups (broad SMARTS) is 1. The smallest absolute Gasteiger partial charge is 0.410 e. The van der Waals surface area contributed by atoms with E-state index in [1.807, 2.05) is 27.7 Å². The average Bonchev–Trinajstić information content (AvgIpc) is 2.82. The van der Waals surface area contributed by atoms with Crippen LogP contribution < -0.4 is 4.90 Å². The van der Waals surface area contributed by atoms with Gasteiger partial charge in [0.2, 0.25) is 5.91 Å². The largest absolute Gasteiger partial charge is 0.478 e. The van der Waals surface area contributed by atoms with Crippen molar-refractivity contribution in [1.82, 2.24) is 9.80 Å². The second-order valence-corrected chi connectivity index (χ2v) is 8.77. The van der Waals surface area contributed by atoms with Crippen molar-refractivity contribution >= 4 is 23.7 Å². The number of likely N-dealkylation sites (tertiary alicyclic amines) is 1. The Balaban J connectivity index is 1.85. The molecule has 1 aromatic carbocycles. The van der Waals surface area contributed by atoms with Gasteiger partial charge in [-0.3, -0.25) is 4.79 Å². The zero-order valence-electron chi connectivity index (χ0n) is 17.6. The van der Waals surface area contributed by atoms with E-state index in [-0.39, 0.29) is 23.7 Å². The molecule has 8 nitrogen and oxygen atoms in total. The zero-order valence-corrected chi connectivity index (χ0v) is 17.6. The fraction of sp³-hybridized carbons (Fsp3) is 0.571. The molecule has 1 atom stereocenters. The highest BCUT2D eigenvalue weighted by atomic mass is 16.6. The Morgan fingerprint density at radius 3 is 2.17 bits per heavy atom. The Bertz CT molecular complexity index is 807. The van der Waals surface area contributed by atoms with Crippen LogP contribution in [0.5, 0.6) is 0 Å². The molecule has 0 aromatic heterocycles. The van der Waals surface area contributed by atoms with Crippen LogP contribution in [-0.4, -0.2) is 70.3 Å². The van der Waals surface area contributed by atoms with Gasteiger partial charge >= 0.3 is 12.1 Å². The van der Waals surface area contributed by atoms with E-state index in [4.69, 9.17) is 9.84 Å². The molecular formula is C21H29N3O5. The first-order chi connectivity index (χ1) is 13.5. The Morgan fingerprint density at radius 1 is 1.14 bits per heavy atom. The average molecular weight is 403 g/mol. The van der Waals surface area contributed by atoms with E-state index in [0.29, 0.717) is 25.9 Å². The molecular weight excluding hydrogens is 374 g/mol. The molecule has 0 radical (unpaired) electrons. The number of anilines is 1. The van der Waals surface area contributed by atoms with Gasteiger partial charge in [0.1, 0.15) is 17.3 Å². The second-order valence-electron chi connectivity index (χ2n) is 8.77. The molecule has 3 rings (SSSR count). The summed E-state index contributed by atoms with van der Waals surface area (Å²) in [6.07, 6.45) is 0.434. The Hall–Kier alpha value is -2.77. The maximum atomic E-state index is 13.2. The summed E-state index contributed by atoms with van der Waals surface area (Å²) in [7, 11) is 1.78. The number of hydrogen-bond donors (Lipinski definition) is 1. The molecule has 2 saturated heterocycles. The summed E-state index contributed by atoms with van der Waals surface area (Å²) in [6, 6.07) is 6.59. The SMILES string of the molecule is CC1N(C)C(=O)C2(CCN(C(=O)OC(C)(C)C)CC2)N1c1ccc(C(=O)O)cc1. The molecule has 1 aromatic rings. The van der Waals surface area contributed by atoms with Gasteiger partial charge in [-0.1, -0.05) is 0 Å².